The third-order valence-corrected chi connectivity index (χ3v) is 5.19. The molecule has 2 aliphatic rings. The lowest BCUT2D eigenvalue weighted by molar-refractivity contribution is -0.143. The van der Waals surface area contributed by atoms with E-state index in [0.29, 0.717) is 31.2 Å². The second-order valence-corrected chi connectivity index (χ2v) is 6.72. The van der Waals surface area contributed by atoms with Gasteiger partial charge in [-0.3, -0.25) is 9.69 Å². The Kier molecular flexibility index (Phi) is 4.94. The molecule has 1 aliphatic heterocycles. The topological polar surface area (TPSA) is 66.6 Å². The minimum Gasteiger partial charge on any atom is -0.481 e. The first-order valence-corrected chi connectivity index (χ1v) is 8.23. The molecule has 1 saturated heterocycles. The second kappa shape index (κ2) is 6.95. The van der Waals surface area contributed by atoms with Crippen molar-refractivity contribution in [2.75, 3.05) is 13.1 Å². The van der Waals surface area contributed by atoms with Gasteiger partial charge >= 0.3 is 5.97 Å². The van der Waals surface area contributed by atoms with E-state index < -0.39 is 18.2 Å². The van der Waals surface area contributed by atoms with Crippen molar-refractivity contribution < 1.29 is 23.2 Å². The molecule has 2 atom stereocenters. The van der Waals surface area contributed by atoms with Crippen LogP contribution in [0.5, 0.6) is 0 Å². The zero-order chi connectivity index (χ0) is 16.4. The number of carbonyl (C=O) groups is 1. The van der Waals surface area contributed by atoms with Gasteiger partial charge in [0.2, 0.25) is 5.76 Å². The third kappa shape index (κ3) is 3.71. The molecule has 1 aromatic heterocycles. The van der Waals surface area contributed by atoms with Gasteiger partial charge in [-0.25, -0.2) is 8.78 Å². The zero-order valence-electron chi connectivity index (χ0n) is 13.0. The summed E-state index contributed by atoms with van der Waals surface area (Å²) in [6.45, 7) is 1.51. The predicted molar refractivity (Wildman–Crippen MR) is 77.9 cm³/mol. The normalized spacial score (nSPS) is 26.9. The number of carboxylic acid groups (broad SMARTS) is 1. The van der Waals surface area contributed by atoms with Crippen molar-refractivity contribution in [3.63, 3.8) is 0 Å². The van der Waals surface area contributed by atoms with E-state index >= 15 is 0 Å². The summed E-state index contributed by atoms with van der Waals surface area (Å²) >= 11 is 0. The van der Waals surface area contributed by atoms with Gasteiger partial charge in [-0.1, -0.05) is 37.3 Å². The number of hydrogen-bond donors (Lipinski definition) is 1. The highest BCUT2D eigenvalue weighted by Gasteiger charge is 2.42. The summed E-state index contributed by atoms with van der Waals surface area (Å²) in [5.41, 5.74) is 0.439. The monoisotopic (exact) mass is 328 g/mol. The van der Waals surface area contributed by atoms with Crippen molar-refractivity contribution in [3.05, 3.63) is 17.5 Å². The summed E-state index contributed by atoms with van der Waals surface area (Å²) in [7, 11) is 0. The summed E-state index contributed by atoms with van der Waals surface area (Å²) < 4.78 is 29.7. The minimum absolute atomic E-state index is 0.147. The van der Waals surface area contributed by atoms with Gasteiger partial charge in [0, 0.05) is 25.7 Å². The third-order valence-electron chi connectivity index (χ3n) is 5.19. The first kappa shape index (κ1) is 16.4. The maximum absolute atomic E-state index is 12.5. The number of carboxylic acids is 1. The van der Waals surface area contributed by atoms with Gasteiger partial charge < -0.3 is 9.63 Å². The molecule has 2 fully saturated rings. The van der Waals surface area contributed by atoms with Crippen LogP contribution in [0.15, 0.2) is 10.6 Å². The molecule has 0 spiro atoms. The van der Waals surface area contributed by atoms with Crippen molar-refractivity contribution in [1.29, 1.82) is 0 Å². The van der Waals surface area contributed by atoms with Crippen LogP contribution in [0.3, 0.4) is 0 Å². The molecule has 0 amide bonds. The van der Waals surface area contributed by atoms with Gasteiger partial charge in [0.15, 0.2) is 0 Å². The molecular formula is C16H22F2N2O3. The minimum atomic E-state index is -2.67. The molecule has 1 saturated carbocycles. The smallest absolute Gasteiger partial charge is 0.308 e. The van der Waals surface area contributed by atoms with Crippen molar-refractivity contribution in [3.8, 4) is 0 Å². The number of aliphatic carboxylic acids is 1. The molecule has 1 N–H and O–H groups in total. The Morgan fingerprint density at radius 2 is 2.09 bits per heavy atom. The molecule has 3 rings (SSSR count). The molecule has 0 aromatic carbocycles. The van der Waals surface area contributed by atoms with E-state index in [0.717, 1.165) is 12.8 Å². The predicted octanol–water partition coefficient (Wildman–Crippen LogP) is 3.33. The highest BCUT2D eigenvalue weighted by Crippen LogP contribution is 2.38. The molecule has 128 valence electrons. The van der Waals surface area contributed by atoms with E-state index in [-0.39, 0.29) is 11.8 Å². The van der Waals surface area contributed by atoms with Gasteiger partial charge in [0.25, 0.3) is 6.43 Å². The number of halogens is 2. The van der Waals surface area contributed by atoms with Crippen molar-refractivity contribution in [1.82, 2.24) is 10.1 Å². The first-order valence-electron chi connectivity index (χ1n) is 8.23. The van der Waals surface area contributed by atoms with Crippen molar-refractivity contribution >= 4 is 5.97 Å². The van der Waals surface area contributed by atoms with Crippen LogP contribution >= 0.6 is 0 Å². The van der Waals surface area contributed by atoms with Crippen LogP contribution in [0.1, 0.15) is 50.0 Å². The van der Waals surface area contributed by atoms with Crippen LogP contribution < -0.4 is 0 Å². The summed E-state index contributed by atoms with van der Waals surface area (Å²) in [6, 6.07) is 1.26. The van der Waals surface area contributed by atoms with E-state index in [9.17, 15) is 18.7 Å². The van der Waals surface area contributed by atoms with Crippen molar-refractivity contribution in [2.45, 2.75) is 45.1 Å². The average molecular weight is 328 g/mol. The Labute approximate surface area is 133 Å². The number of nitrogens with zero attached hydrogens (tertiary/aromatic N) is 2. The van der Waals surface area contributed by atoms with Crippen molar-refractivity contribution in [2.24, 2.45) is 17.8 Å². The van der Waals surface area contributed by atoms with E-state index in [1.165, 1.54) is 25.3 Å². The summed E-state index contributed by atoms with van der Waals surface area (Å²) in [5.74, 6) is -0.952. The van der Waals surface area contributed by atoms with Crippen LogP contribution in [-0.2, 0) is 11.3 Å². The Balaban J connectivity index is 1.65. The fourth-order valence-corrected chi connectivity index (χ4v) is 4.08. The van der Waals surface area contributed by atoms with Gasteiger partial charge in [-0.05, 0) is 11.8 Å². The molecule has 5 nitrogen and oxygen atoms in total. The van der Waals surface area contributed by atoms with Gasteiger partial charge in [0.1, 0.15) is 0 Å². The van der Waals surface area contributed by atoms with E-state index in [1.54, 1.807) is 0 Å². The number of alkyl halides is 2. The molecule has 1 aromatic rings. The average Bonchev–Trinajstić information content (AvgIpc) is 3.16. The molecule has 7 heteroatoms. The molecule has 23 heavy (non-hydrogen) atoms. The van der Waals surface area contributed by atoms with Crippen LogP contribution in [0.2, 0.25) is 0 Å². The fourth-order valence-electron chi connectivity index (χ4n) is 4.08. The van der Waals surface area contributed by atoms with Gasteiger partial charge in [-0.15, -0.1) is 0 Å². The van der Waals surface area contributed by atoms with Crippen LogP contribution in [-0.4, -0.2) is 34.2 Å². The molecule has 0 radical (unpaired) electrons. The lowest BCUT2D eigenvalue weighted by Gasteiger charge is -2.29. The molecule has 1 aliphatic carbocycles. The summed E-state index contributed by atoms with van der Waals surface area (Å²) in [4.78, 5) is 13.6. The van der Waals surface area contributed by atoms with Crippen LogP contribution in [0.25, 0.3) is 0 Å². The number of hydrogen-bond acceptors (Lipinski definition) is 4. The number of likely N-dealkylation sites (tertiary alicyclic amines) is 1. The Hall–Kier alpha value is -1.50. The maximum atomic E-state index is 12.5. The van der Waals surface area contributed by atoms with Crippen LogP contribution in [0.4, 0.5) is 8.78 Å². The Bertz CT molecular complexity index is 543. The lowest BCUT2D eigenvalue weighted by atomic mass is 9.75. The zero-order valence-corrected chi connectivity index (χ0v) is 13.0. The fraction of sp³-hybridized carbons (Fsp3) is 0.750. The highest BCUT2D eigenvalue weighted by molar-refractivity contribution is 5.71. The molecule has 2 heterocycles. The number of rotatable bonds is 5. The van der Waals surface area contributed by atoms with E-state index in [2.05, 4.69) is 9.68 Å². The first-order chi connectivity index (χ1) is 11.0. The van der Waals surface area contributed by atoms with E-state index in [4.69, 9.17) is 0 Å². The summed E-state index contributed by atoms with van der Waals surface area (Å²) in [5, 5.41) is 13.2. The second-order valence-electron chi connectivity index (χ2n) is 6.72. The Morgan fingerprint density at radius 3 is 2.70 bits per heavy atom. The van der Waals surface area contributed by atoms with E-state index in [1.807, 2.05) is 4.90 Å². The molecule has 0 bridgehead atoms. The Morgan fingerprint density at radius 1 is 1.35 bits per heavy atom. The van der Waals surface area contributed by atoms with Crippen LogP contribution in [0, 0.1) is 17.8 Å². The molecular weight excluding hydrogens is 306 g/mol. The highest BCUT2D eigenvalue weighted by atomic mass is 19.3. The summed E-state index contributed by atoms with van der Waals surface area (Å²) in [6.07, 6.45) is 3.11. The quantitative estimate of drug-likeness (QED) is 0.898. The largest absolute Gasteiger partial charge is 0.481 e. The number of aromatic nitrogens is 1. The standard InChI is InChI=1S/C16H22F2N2O3/c17-15(18)14-6-11(19-23-14)7-20-8-12(13(9-20)16(21)22)10-4-2-1-3-5-10/h6,10,12-13,15H,1-5,7-9H2,(H,21,22)/t12-,13+/m0/s1. The van der Waals surface area contributed by atoms with Gasteiger partial charge in [0.05, 0.1) is 11.6 Å². The lowest BCUT2D eigenvalue weighted by Crippen LogP contribution is -2.29. The maximum Gasteiger partial charge on any atom is 0.308 e. The SMILES string of the molecule is O=C(O)[C@@H]1CN(Cc2cc(C(F)F)on2)C[C@H]1C1CCCCC1. The molecule has 0 unspecified atom stereocenters. The van der Waals surface area contributed by atoms with Gasteiger partial charge in [-0.2, -0.15) is 0 Å².